The number of hydrogen-bond donors (Lipinski definition) is 1. The van der Waals surface area contributed by atoms with Crippen molar-refractivity contribution in [1.82, 2.24) is 4.98 Å². The van der Waals surface area contributed by atoms with Gasteiger partial charge in [-0.1, -0.05) is 36.4 Å². The number of anilines is 1. The molecule has 98 valence electrons. The summed E-state index contributed by atoms with van der Waals surface area (Å²) in [5.41, 5.74) is 11.5. The molecule has 0 bridgehead atoms. The highest BCUT2D eigenvalue weighted by Gasteiger charge is 2.00. The van der Waals surface area contributed by atoms with Crippen molar-refractivity contribution in [1.29, 1.82) is 0 Å². The first-order chi connectivity index (χ1) is 9.81. The van der Waals surface area contributed by atoms with Crippen LogP contribution in [0.2, 0.25) is 0 Å². The van der Waals surface area contributed by atoms with E-state index in [1.807, 2.05) is 42.7 Å². The van der Waals surface area contributed by atoms with Crippen LogP contribution in [0.1, 0.15) is 11.1 Å². The van der Waals surface area contributed by atoms with Gasteiger partial charge in [0.2, 0.25) is 0 Å². The predicted octanol–water partition coefficient (Wildman–Crippen LogP) is 3.92. The number of benzene rings is 2. The molecule has 0 unspecified atom stereocenters. The van der Waals surface area contributed by atoms with Crippen LogP contribution < -0.4 is 5.73 Å². The van der Waals surface area contributed by atoms with Crippen molar-refractivity contribution in [3.8, 4) is 11.1 Å². The van der Waals surface area contributed by atoms with Crippen molar-refractivity contribution < 1.29 is 0 Å². The Bertz CT molecular complexity index is 688. The third kappa shape index (κ3) is 2.86. The van der Waals surface area contributed by atoms with Crippen molar-refractivity contribution in [3.05, 3.63) is 84.2 Å². The molecule has 0 fully saturated rings. The topological polar surface area (TPSA) is 38.9 Å². The fourth-order valence-electron chi connectivity index (χ4n) is 2.27. The number of pyridine rings is 1. The third-order valence-electron chi connectivity index (χ3n) is 3.33. The largest absolute Gasteiger partial charge is 0.399 e. The van der Waals surface area contributed by atoms with Crippen molar-refractivity contribution in [2.75, 3.05) is 5.73 Å². The second-order valence-corrected chi connectivity index (χ2v) is 4.85. The third-order valence-corrected chi connectivity index (χ3v) is 3.33. The molecule has 3 aromatic rings. The zero-order chi connectivity index (χ0) is 13.8. The number of nitrogens with two attached hydrogens (primary N) is 1. The van der Waals surface area contributed by atoms with Crippen LogP contribution in [0, 0.1) is 0 Å². The molecule has 2 nitrogen and oxygen atoms in total. The molecule has 0 aliphatic carbocycles. The molecule has 0 radical (unpaired) electrons. The Morgan fingerprint density at radius 3 is 2.15 bits per heavy atom. The molecule has 0 aliphatic rings. The second kappa shape index (κ2) is 5.57. The molecule has 1 aromatic heterocycles. The number of nitrogen functional groups attached to an aromatic ring is 1. The molecule has 0 saturated carbocycles. The lowest BCUT2D eigenvalue weighted by molar-refractivity contribution is 1.16. The van der Waals surface area contributed by atoms with Gasteiger partial charge >= 0.3 is 0 Å². The van der Waals surface area contributed by atoms with Gasteiger partial charge < -0.3 is 5.73 Å². The Labute approximate surface area is 118 Å². The maximum Gasteiger partial charge on any atom is 0.0320 e. The minimum atomic E-state index is 0.795. The summed E-state index contributed by atoms with van der Waals surface area (Å²) < 4.78 is 0. The van der Waals surface area contributed by atoms with Gasteiger partial charge in [-0.3, -0.25) is 4.98 Å². The fourth-order valence-corrected chi connectivity index (χ4v) is 2.27. The lowest BCUT2D eigenvalue weighted by Crippen LogP contribution is -1.89. The summed E-state index contributed by atoms with van der Waals surface area (Å²) in [6.45, 7) is 0. The lowest BCUT2D eigenvalue weighted by Gasteiger charge is -2.05. The Hall–Kier alpha value is -2.61. The normalized spacial score (nSPS) is 10.4. The van der Waals surface area contributed by atoms with Crippen LogP contribution in [0.5, 0.6) is 0 Å². The molecule has 2 aromatic carbocycles. The highest BCUT2D eigenvalue weighted by molar-refractivity contribution is 5.67. The van der Waals surface area contributed by atoms with Crippen molar-refractivity contribution in [2.45, 2.75) is 6.42 Å². The van der Waals surface area contributed by atoms with Gasteiger partial charge in [-0.05, 0) is 52.9 Å². The minimum absolute atomic E-state index is 0.795. The first-order valence-corrected chi connectivity index (χ1v) is 6.65. The van der Waals surface area contributed by atoms with Crippen LogP contribution in [0.4, 0.5) is 5.69 Å². The van der Waals surface area contributed by atoms with Crippen LogP contribution in [0.3, 0.4) is 0 Å². The van der Waals surface area contributed by atoms with Crippen LogP contribution in [-0.2, 0) is 6.42 Å². The zero-order valence-corrected chi connectivity index (χ0v) is 11.2. The van der Waals surface area contributed by atoms with Gasteiger partial charge in [-0.25, -0.2) is 0 Å². The van der Waals surface area contributed by atoms with E-state index in [9.17, 15) is 0 Å². The van der Waals surface area contributed by atoms with E-state index in [2.05, 4.69) is 35.3 Å². The summed E-state index contributed by atoms with van der Waals surface area (Å²) >= 11 is 0. The molecule has 0 atom stereocenters. The highest BCUT2D eigenvalue weighted by Crippen LogP contribution is 2.22. The van der Waals surface area contributed by atoms with E-state index in [-0.39, 0.29) is 0 Å². The fraction of sp³-hybridized carbons (Fsp3) is 0.0556. The second-order valence-electron chi connectivity index (χ2n) is 4.85. The SMILES string of the molecule is Nc1cccc(-c2ccc(Cc3ccncc3)cc2)c1. The van der Waals surface area contributed by atoms with Crippen molar-refractivity contribution >= 4 is 5.69 Å². The smallest absolute Gasteiger partial charge is 0.0320 e. The standard InChI is InChI=1S/C18H16N2/c19-18-3-1-2-17(13-18)16-6-4-14(5-7-16)12-15-8-10-20-11-9-15/h1-11,13H,12,19H2. The van der Waals surface area contributed by atoms with Gasteiger partial charge in [-0.15, -0.1) is 0 Å². The average Bonchev–Trinajstić information content (AvgIpc) is 2.49. The Morgan fingerprint density at radius 2 is 1.45 bits per heavy atom. The summed E-state index contributed by atoms with van der Waals surface area (Å²) in [7, 11) is 0. The highest BCUT2D eigenvalue weighted by atomic mass is 14.6. The van der Waals surface area contributed by atoms with E-state index < -0.39 is 0 Å². The van der Waals surface area contributed by atoms with Crippen molar-refractivity contribution in [3.63, 3.8) is 0 Å². The molecule has 0 amide bonds. The summed E-state index contributed by atoms with van der Waals surface area (Å²) in [4.78, 5) is 4.04. The van der Waals surface area contributed by atoms with E-state index in [0.29, 0.717) is 0 Å². The Morgan fingerprint density at radius 1 is 0.750 bits per heavy atom. The van der Waals surface area contributed by atoms with Crippen LogP contribution >= 0.6 is 0 Å². The van der Waals surface area contributed by atoms with Crippen LogP contribution in [0.25, 0.3) is 11.1 Å². The minimum Gasteiger partial charge on any atom is -0.399 e. The number of hydrogen-bond acceptors (Lipinski definition) is 2. The van der Waals surface area contributed by atoms with E-state index in [4.69, 9.17) is 5.73 Å². The van der Waals surface area contributed by atoms with Gasteiger partial charge in [0.1, 0.15) is 0 Å². The van der Waals surface area contributed by atoms with Crippen LogP contribution in [-0.4, -0.2) is 4.98 Å². The van der Waals surface area contributed by atoms with Gasteiger partial charge in [0.15, 0.2) is 0 Å². The molecule has 0 spiro atoms. The Kier molecular flexibility index (Phi) is 3.46. The van der Waals surface area contributed by atoms with E-state index in [0.717, 1.165) is 17.7 Å². The maximum absolute atomic E-state index is 5.82. The zero-order valence-electron chi connectivity index (χ0n) is 11.2. The van der Waals surface area contributed by atoms with E-state index >= 15 is 0 Å². The van der Waals surface area contributed by atoms with Gasteiger partial charge in [0.25, 0.3) is 0 Å². The van der Waals surface area contributed by atoms with Crippen molar-refractivity contribution in [2.24, 2.45) is 0 Å². The molecule has 2 heteroatoms. The monoisotopic (exact) mass is 260 g/mol. The molecule has 0 saturated heterocycles. The first-order valence-electron chi connectivity index (χ1n) is 6.65. The summed E-state index contributed by atoms with van der Waals surface area (Å²) in [5, 5.41) is 0. The molecular weight excluding hydrogens is 244 g/mol. The summed E-state index contributed by atoms with van der Waals surface area (Å²) in [5.74, 6) is 0. The summed E-state index contributed by atoms with van der Waals surface area (Å²) in [6.07, 6.45) is 4.59. The lowest BCUT2D eigenvalue weighted by atomic mass is 10.0. The first kappa shape index (κ1) is 12.4. The molecular formula is C18H16N2. The predicted molar refractivity (Wildman–Crippen MR) is 83.3 cm³/mol. The van der Waals surface area contributed by atoms with Gasteiger partial charge in [0, 0.05) is 18.1 Å². The van der Waals surface area contributed by atoms with E-state index in [1.54, 1.807) is 0 Å². The quantitative estimate of drug-likeness (QED) is 0.725. The van der Waals surface area contributed by atoms with Crippen LogP contribution in [0.15, 0.2) is 73.1 Å². The maximum atomic E-state index is 5.82. The number of nitrogens with zero attached hydrogens (tertiary/aromatic N) is 1. The van der Waals surface area contributed by atoms with Gasteiger partial charge in [-0.2, -0.15) is 0 Å². The molecule has 2 N–H and O–H groups in total. The molecule has 3 rings (SSSR count). The average molecular weight is 260 g/mol. The molecule has 0 aliphatic heterocycles. The molecule has 1 heterocycles. The Balaban J connectivity index is 1.81. The number of rotatable bonds is 3. The van der Waals surface area contributed by atoms with E-state index in [1.165, 1.54) is 16.7 Å². The van der Waals surface area contributed by atoms with Gasteiger partial charge in [0.05, 0.1) is 0 Å². The summed E-state index contributed by atoms with van der Waals surface area (Å²) in [6, 6.07) is 20.7. The number of aromatic nitrogens is 1. The molecule has 20 heavy (non-hydrogen) atoms.